The van der Waals surface area contributed by atoms with Crippen molar-refractivity contribution in [1.82, 2.24) is 19.7 Å². The van der Waals surface area contributed by atoms with Crippen LogP contribution in [0.5, 0.6) is 0 Å². The molecule has 0 saturated carbocycles. The number of pyridine rings is 1. The number of carbonyl (C=O) groups excluding carboxylic acids is 1. The van der Waals surface area contributed by atoms with E-state index in [1.54, 1.807) is 4.72 Å². The first-order valence-electron chi connectivity index (χ1n) is 8.72. The predicted molar refractivity (Wildman–Crippen MR) is 108 cm³/mol. The highest BCUT2D eigenvalue weighted by molar-refractivity contribution is 8.00. The minimum absolute atomic E-state index is 0.0922. The van der Waals surface area contributed by atoms with E-state index in [1.807, 2.05) is 0 Å². The maximum Gasteiger partial charge on any atom is 0.451 e. The molecular weight excluding hydrogens is 518 g/mol. The number of Topliss-reactive ketones (excluding diaryl/α,β-unsaturated/α-hetero) is 1. The van der Waals surface area contributed by atoms with Gasteiger partial charge in [-0.05, 0) is 24.3 Å². The van der Waals surface area contributed by atoms with E-state index in [0.29, 0.717) is 0 Å². The van der Waals surface area contributed by atoms with Crippen LogP contribution in [0.2, 0.25) is 0 Å². The summed E-state index contributed by atoms with van der Waals surface area (Å²) < 4.78 is 101. The van der Waals surface area contributed by atoms with E-state index in [9.17, 15) is 39.6 Å². The number of nitrogens with zero attached hydrogens (tertiary/aromatic N) is 3. The number of thioether (sulfide) groups is 1. The van der Waals surface area contributed by atoms with Crippen molar-refractivity contribution in [3.63, 3.8) is 0 Å². The van der Waals surface area contributed by atoms with Gasteiger partial charge in [-0.3, -0.25) is 4.79 Å². The summed E-state index contributed by atoms with van der Waals surface area (Å²) in [6.45, 7) is -0.444. The molecule has 3 aromatic rings. The number of hydrogen-bond donors (Lipinski definition) is 1. The van der Waals surface area contributed by atoms with Crippen LogP contribution in [-0.4, -0.2) is 46.8 Å². The Balaban J connectivity index is 1.69. The third kappa shape index (κ3) is 7.09. The summed E-state index contributed by atoms with van der Waals surface area (Å²) in [6.07, 6.45) is -8.44. The maximum absolute atomic E-state index is 13.1. The topological polar surface area (TPSA) is 102 Å². The number of fused-ring (bicyclic) bond motifs is 1. The largest absolute Gasteiger partial charge is 0.451 e. The average molecular weight is 530 g/mol. The van der Waals surface area contributed by atoms with Crippen molar-refractivity contribution < 1.29 is 39.6 Å². The van der Waals surface area contributed by atoms with Crippen LogP contribution in [0.15, 0.2) is 35.5 Å². The molecule has 0 unspecified atom stereocenters. The van der Waals surface area contributed by atoms with Gasteiger partial charge >= 0.3 is 12.4 Å². The van der Waals surface area contributed by atoms with E-state index >= 15 is 0 Å². The SMILES string of the molecule is O=C(CSc1nc(C(F)(F)F)nc2ncccc12)c1ccc(CNS(=O)(=O)CC(F)(F)F)s1. The first kappa shape index (κ1) is 25.3. The van der Waals surface area contributed by atoms with Gasteiger partial charge in [0.05, 0.1) is 16.0 Å². The van der Waals surface area contributed by atoms with Gasteiger partial charge in [0.1, 0.15) is 5.03 Å². The Morgan fingerprint density at radius 1 is 1.09 bits per heavy atom. The Labute approximate surface area is 190 Å². The Bertz CT molecular complexity index is 1270. The van der Waals surface area contributed by atoms with Crippen LogP contribution in [0.1, 0.15) is 20.4 Å². The van der Waals surface area contributed by atoms with Crippen molar-refractivity contribution in [2.24, 2.45) is 0 Å². The van der Waals surface area contributed by atoms with Gasteiger partial charge in [0.2, 0.25) is 15.8 Å². The first-order chi connectivity index (χ1) is 15.2. The first-order valence-corrected chi connectivity index (χ1v) is 12.2. The van der Waals surface area contributed by atoms with Crippen LogP contribution in [0.3, 0.4) is 0 Å². The van der Waals surface area contributed by atoms with Gasteiger partial charge < -0.3 is 0 Å². The summed E-state index contributed by atoms with van der Waals surface area (Å²) in [5, 5.41) is 0.139. The summed E-state index contributed by atoms with van der Waals surface area (Å²) >= 11 is 1.60. The molecule has 0 aliphatic heterocycles. The zero-order valence-electron chi connectivity index (χ0n) is 16.1. The highest BCUT2D eigenvalue weighted by atomic mass is 32.2. The summed E-state index contributed by atoms with van der Waals surface area (Å²) in [7, 11) is -4.60. The van der Waals surface area contributed by atoms with Crippen LogP contribution < -0.4 is 4.72 Å². The molecule has 3 aromatic heterocycles. The maximum atomic E-state index is 13.1. The summed E-state index contributed by atoms with van der Waals surface area (Å²) in [5.41, 5.74) is -0.181. The van der Waals surface area contributed by atoms with E-state index in [2.05, 4.69) is 15.0 Å². The highest BCUT2D eigenvalue weighted by Gasteiger charge is 2.36. The smallest absolute Gasteiger partial charge is 0.292 e. The number of hydrogen-bond acceptors (Lipinski definition) is 8. The lowest BCUT2D eigenvalue weighted by Crippen LogP contribution is -2.33. The highest BCUT2D eigenvalue weighted by Crippen LogP contribution is 2.32. The Hall–Kier alpha value is -2.30. The minimum atomic E-state index is -4.90. The summed E-state index contributed by atoms with van der Waals surface area (Å²) in [5.74, 6) is -4.21. The quantitative estimate of drug-likeness (QED) is 0.203. The lowest BCUT2D eigenvalue weighted by Gasteiger charge is -2.09. The van der Waals surface area contributed by atoms with E-state index in [4.69, 9.17) is 0 Å². The van der Waals surface area contributed by atoms with Crippen molar-refractivity contribution in [1.29, 1.82) is 0 Å². The molecule has 0 radical (unpaired) electrons. The molecule has 3 heterocycles. The number of ketones is 1. The molecule has 0 fully saturated rings. The zero-order chi connectivity index (χ0) is 24.4. The third-order valence-corrected chi connectivity index (χ3v) is 7.20. The molecule has 16 heteroatoms. The van der Waals surface area contributed by atoms with Crippen molar-refractivity contribution >= 4 is 49.9 Å². The third-order valence-electron chi connectivity index (χ3n) is 3.79. The van der Waals surface area contributed by atoms with Crippen LogP contribution in [-0.2, 0) is 22.7 Å². The van der Waals surface area contributed by atoms with E-state index < -0.39 is 46.3 Å². The second-order valence-electron chi connectivity index (χ2n) is 6.40. The second-order valence-corrected chi connectivity index (χ2v) is 10.3. The van der Waals surface area contributed by atoms with Gasteiger partial charge in [-0.2, -0.15) is 26.3 Å². The number of thiophene rings is 1. The molecular formula is C17H12F6N4O3S3. The minimum Gasteiger partial charge on any atom is -0.292 e. The summed E-state index contributed by atoms with van der Waals surface area (Å²) in [6, 6.07) is 5.66. The Morgan fingerprint density at radius 3 is 2.48 bits per heavy atom. The standard InChI is InChI=1S/C17H12F6N4O3S3/c18-16(19,20)8-33(29,30)25-6-9-3-4-12(32-9)11(28)7-31-14-10-2-1-5-24-13(10)26-15(27-14)17(21,22)23/h1-5,25H,6-8H2. The van der Waals surface area contributed by atoms with Crippen molar-refractivity contribution in [2.45, 2.75) is 23.9 Å². The number of aromatic nitrogens is 3. The molecule has 0 amide bonds. The molecule has 0 saturated heterocycles. The zero-order valence-corrected chi connectivity index (χ0v) is 18.5. The number of nitrogens with one attached hydrogen (secondary N) is 1. The van der Waals surface area contributed by atoms with Gasteiger partial charge in [0.15, 0.2) is 17.2 Å². The molecule has 7 nitrogen and oxygen atoms in total. The molecule has 0 aliphatic carbocycles. The van der Waals surface area contributed by atoms with Crippen LogP contribution in [0.25, 0.3) is 11.0 Å². The Morgan fingerprint density at radius 2 is 1.82 bits per heavy atom. The fraction of sp³-hybridized carbons (Fsp3) is 0.294. The van der Waals surface area contributed by atoms with E-state index in [-0.39, 0.29) is 31.6 Å². The second kappa shape index (κ2) is 9.52. The molecule has 33 heavy (non-hydrogen) atoms. The molecule has 0 bridgehead atoms. The normalized spacial score (nSPS) is 12.9. The summed E-state index contributed by atoms with van der Waals surface area (Å²) in [4.78, 5) is 23.6. The van der Waals surface area contributed by atoms with E-state index in [0.717, 1.165) is 23.1 Å². The number of halogens is 6. The fourth-order valence-electron chi connectivity index (χ4n) is 2.45. The number of alkyl halides is 6. The number of rotatable bonds is 8. The molecule has 0 atom stereocenters. The van der Waals surface area contributed by atoms with Crippen molar-refractivity contribution in [3.05, 3.63) is 46.0 Å². The fourth-order valence-corrected chi connectivity index (χ4v) is 5.31. The predicted octanol–water partition coefficient (Wildman–Crippen LogP) is 4.06. The monoisotopic (exact) mass is 530 g/mol. The number of carbonyl (C=O) groups is 1. The van der Waals surface area contributed by atoms with Crippen LogP contribution >= 0.6 is 23.1 Å². The molecule has 0 aromatic carbocycles. The number of sulfonamides is 1. The molecule has 0 spiro atoms. The molecule has 178 valence electrons. The van der Waals surface area contributed by atoms with Gasteiger partial charge in [0.25, 0.3) is 0 Å². The van der Waals surface area contributed by atoms with Gasteiger partial charge in [-0.15, -0.1) is 11.3 Å². The van der Waals surface area contributed by atoms with Crippen molar-refractivity contribution in [3.8, 4) is 0 Å². The lowest BCUT2D eigenvalue weighted by atomic mass is 10.3. The van der Waals surface area contributed by atoms with Crippen LogP contribution in [0, 0.1) is 0 Å². The Kier molecular flexibility index (Phi) is 7.30. The molecule has 3 rings (SSSR count). The van der Waals surface area contributed by atoms with E-state index in [1.165, 1.54) is 30.5 Å². The van der Waals surface area contributed by atoms with Gasteiger partial charge in [0, 0.05) is 17.6 Å². The average Bonchev–Trinajstić information content (AvgIpc) is 3.17. The molecule has 1 N–H and O–H groups in total. The van der Waals surface area contributed by atoms with Crippen LogP contribution in [0.4, 0.5) is 26.3 Å². The van der Waals surface area contributed by atoms with Gasteiger partial charge in [-0.25, -0.2) is 28.1 Å². The lowest BCUT2D eigenvalue weighted by molar-refractivity contribution is -0.145. The van der Waals surface area contributed by atoms with Crippen molar-refractivity contribution in [2.75, 3.05) is 11.5 Å². The molecule has 0 aliphatic rings. The van der Waals surface area contributed by atoms with Gasteiger partial charge in [-0.1, -0.05) is 11.8 Å².